The fourth-order valence-corrected chi connectivity index (χ4v) is 5.99. The van der Waals surface area contributed by atoms with Crippen LogP contribution in [0.1, 0.15) is 174 Å². The van der Waals surface area contributed by atoms with Gasteiger partial charge >= 0.3 is 13.8 Å². The van der Waals surface area contributed by atoms with Gasteiger partial charge in [0.25, 0.3) is 0 Å². The minimum atomic E-state index is -4.29. The Kier molecular flexibility index (Phi) is 35.7. The summed E-state index contributed by atoms with van der Waals surface area (Å²) in [6.45, 7) is 4.19. The Bertz CT molecular complexity index is 833. The number of phosphoric ester groups is 1. The highest BCUT2D eigenvalue weighted by Crippen LogP contribution is 2.43. The van der Waals surface area contributed by atoms with E-state index in [1.807, 2.05) is 6.08 Å². The number of hydrogen-bond donors (Lipinski definition) is 2. The van der Waals surface area contributed by atoms with E-state index in [1.165, 1.54) is 96.3 Å². The van der Waals surface area contributed by atoms with E-state index in [9.17, 15) is 14.3 Å². The minimum Gasteiger partial charge on any atom is -0.498 e. The highest BCUT2D eigenvalue weighted by molar-refractivity contribution is 7.47. The number of unbranched alkanes of at least 4 members (excludes halogenated alkanes) is 20. The molecular weight excluding hydrogens is 625 g/mol. The van der Waals surface area contributed by atoms with E-state index in [0.29, 0.717) is 0 Å². The van der Waals surface area contributed by atoms with Crippen molar-refractivity contribution in [2.24, 2.45) is 5.73 Å². The van der Waals surface area contributed by atoms with Crippen LogP contribution in [0.3, 0.4) is 0 Å². The van der Waals surface area contributed by atoms with Crippen molar-refractivity contribution in [1.82, 2.24) is 0 Å². The van der Waals surface area contributed by atoms with Crippen molar-refractivity contribution in [2.45, 2.75) is 180 Å². The third kappa shape index (κ3) is 35.9. The van der Waals surface area contributed by atoms with Crippen LogP contribution < -0.4 is 5.73 Å². The maximum atomic E-state index is 12.5. The summed E-state index contributed by atoms with van der Waals surface area (Å²) in [5, 5.41) is 0. The standard InChI is InChI=1S/C39H74NO7P/c1-3-5-7-9-11-13-15-17-19-20-22-24-26-28-30-32-39(41)47-38(37-46-48(42,43)45-35-33-40)36-44-34-31-29-27-25-23-21-18-16-14-12-10-8-6-4-2/h11,13,17,19,31,34,38H,3-10,12,14-16,18,20-30,32-33,35-37,40H2,1-2H3,(H,42,43)/t38-/m1/s1. The topological polar surface area (TPSA) is 117 Å². The molecule has 0 aliphatic heterocycles. The average molecular weight is 700 g/mol. The van der Waals surface area contributed by atoms with Crippen LogP contribution in [0.5, 0.6) is 0 Å². The molecule has 9 heteroatoms. The monoisotopic (exact) mass is 700 g/mol. The molecule has 0 amide bonds. The van der Waals surface area contributed by atoms with Crippen molar-refractivity contribution in [2.75, 3.05) is 26.4 Å². The first kappa shape index (κ1) is 46.6. The fraction of sp³-hybridized carbons (Fsp3) is 0.821. The molecule has 3 N–H and O–H groups in total. The Labute approximate surface area is 295 Å². The van der Waals surface area contributed by atoms with Crippen LogP contribution in [0.25, 0.3) is 0 Å². The summed E-state index contributed by atoms with van der Waals surface area (Å²) >= 11 is 0. The lowest BCUT2D eigenvalue weighted by Gasteiger charge is -2.19. The molecule has 0 aliphatic carbocycles. The molecule has 282 valence electrons. The normalized spacial score (nSPS) is 13.9. The van der Waals surface area contributed by atoms with Crippen LogP contribution in [0.4, 0.5) is 0 Å². The summed E-state index contributed by atoms with van der Waals surface area (Å²) in [6.07, 6.45) is 41.0. The molecular formula is C39H74NO7P. The van der Waals surface area contributed by atoms with Crippen LogP contribution in [-0.4, -0.2) is 43.3 Å². The molecule has 0 saturated heterocycles. The third-order valence-electron chi connectivity index (χ3n) is 8.12. The van der Waals surface area contributed by atoms with Gasteiger partial charge in [0.1, 0.15) is 6.61 Å². The molecule has 48 heavy (non-hydrogen) atoms. The van der Waals surface area contributed by atoms with Crippen molar-refractivity contribution in [3.63, 3.8) is 0 Å². The van der Waals surface area contributed by atoms with E-state index in [1.54, 1.807) is 6.26 Å². The van der Waals surface area contributed by atoms with Gasteiger partial charge in [-0.3, -0.25) is 13.8 Å². The molecule has 0 rings (SSSR count). The number of carbonyl (C=O) groups excluding carboxylic acids is 1. The van der Waals surface area contributed by atoms with Crippen LogP contribution in [-0.2, 0) is 27.9 Å². The molecule has 1 unspecified atom stereocenters. The molecule has 0 spiro atoms. The largest absolute Gasteiger partial charge is 0.498 e. The van der Waals surface area contributed by atoms with E-state index >= 15 is 0 Å². The van der Waals surface area contributed by atoms with E-state index < -0.39 is 13.9 Å². The van der Waals surface area contributed by atoms with E-state index in [2.05, 4.69) is 38.2 Å². The Morgan fingerprint density at radius 3 is 1.69 bits per heavy atom. The molecule has 0 aliphatic rings. The van der Waals surface area contributed by atoms with Gasteiger partial charge in [0, 0.05) is 13.0 Å². The molecule has 0 saturated carbocycles. The molecule has 0 aromatic rings. The zero-order valence-corrected chi connectivity index (χ0v) is 31.9. The first-order valence-corrected chi connectivity index (χ1v) is 21.0. The van der Waals surface area contributed by atoms with Gasteiger partial charge in [-0.2, -0.15) is 0 Å². The number of hydrogen-bond acceptors (Lipinski definition) is 7. The fourth-order valence-electron chi connectivity index (χ4n) is 5.23. The van der Waals surface area contributed by atoms with Gasteiger partial charge in [0.05, 0.1) is 19.5 Å². The van der Waals surface area contributed by atoms with Crippen molar-refractivity contribution in [3.05, 3.63) is 36.6 Å². The average Bonchev–Trinajstić information content (AvgIpc) is 3.07. The van der Waals surface area contributed by atoms with Crippen molar-refractivity contribution < 1.29 is 32.8 Å². The molecule has 0 aromatic heterocycles. The SMILES string of the molecule is CCCCCC=CCC=CCCCCCCCC(=O)O[C@H](COC=CCCCCCCCCCCCCCC)COP(=O)(O)OCCN. The number of nitrogens with two attached hydrogens (primary N) is 1. The van der Waals surface area contributed by atoms with Crippen molar-refractivity contribution >= 4 is 13.8 Å². The maximum Gasteiger partial charge on any atom is 0.472 e. The zero-order valence-electron chi connectivity index (χ0n) is 31.0. The molecule has 0 fully saturated rings. The Morgan fingerprint density at radius 1 is 0.646 bits per heavy atom. The number of carbonyl (C=O) groups is 1. The number of phosphoric acid groups is 1. The Hall–Kier alpha value is -1.44. The summed E-state index contributed by atoms with van der Waals surface area (Å²) in [5.41, 5.74) is 5.35. The zero-order chi connectivity index (χ0) is 35.2. The Balaban J connectivity index is 4.16. The van der Waals surface area contributed by atoms with Crippen molar-refractivity contribution in [3.8, 4) is 0 Å². The number of esters is 1. The summed E-state index contributed by atoms with van der Waals surface area (Å²) in [7, 11) is -4.29. The van der Waals surface area contributed by atoms with Crippen molar-refractivity contribution in [1.29, 1.82) is 0 Å². The highest BCUT2D eigenvalue weighted by atomic mass is 31.2. The quantitative estimate of drug-likeness (QED) is 0.0216. The van der Waals surface area contributed by atoms with Crippen LogP contribution in [0, 0.1) is 0 Å². The van der Waals surface area contributed by atoms with E-state index in [0.717, 1.165) is 57.8 Å². The predicted molar refractivity (Wildman–Crippen MR) is 201 cm³/mol. The second-order valence-corrected chi connectivity index (χ2v) is 14.3. The smallest absolute Gasteiger partial charge is 0.472 e. The minimum absolute atomic E-state index is 0.0275. The number of ether oxygens (including phenoxy) is 2. The first-order valence-electron chi connectivity index (χ1n) is 19.5. The third-order valence-corrected chi connectivity index (χ3v) is 9.11. The molecule has 0 aromatic carbocycles. The summed E-state index contributed by atoms with van der Waals surface area (Å²) in [4.78, 5) is 22.4. The molecule has 0 radical (unpaired) electrons. The second kappa shape index (κ2) is 36.8. The molecule has 0 bridgehead atoms. The number of rotatable bonds is 37. The van der Waals surface area contributed by atoms with E-state index in [-0.39, 0.29) is 38.8 Å². The summed E-state index contributed by atoms with van der Waals surface area (Å²) in [6, 6.07) is 0. The lowest BCUT2D eigenvalue weighted by Crippen LogP contribution is -2.27. The van der Waals surface area contributed by atoms with Gasteiger partial charge in [0.15, 0.2) is 6.10 Å². The summed E-state index contributed by atoms with van der Waals surface area (Å²) < 4.78 is 33.1. The van der Waals surface area contributed by atoms with Crippen LogP contribution >= 0.6 is 7.82 Å². The maximum absolute atomic E-state index is 12.5. The van der Waals surface area contributed by atoms with Gasteiger partial charge in [-0.1, -0.05) is 141 Å². The molecule has 2 atom stereocenters. The van der Waals surface area contributed by atoms with Crippen LogP contribution in [0.2, 0.25) is 0 Å². The summed E-state index contributed by atoms with van der Waals surface area (Å²) in [5.74, 6) is -0.367. The number of allylic oxidation sites excluding steroid dienone is 5. The van der Waals surface area contributed by atoms with Gasteiger partial charge < -0.3 is 20.1 Å². The van der Waals surface area contributed by atoms with Gasteiger partial charge in [0.2, 0.25) is 0 Å². The Morgan fingerprint density at radius 2 is 1.12 bits per heavy atom. The van der Waals surface area contributed by atoms with Crippen LogP contribution in [0.15, 0.2) is 36.6 Å². The lowest BCUT2D eigenvalue weighted by molar-refractivity contribution is -0.153. The first-order chi connectivity index (χ1) is 23.4. The van der Waals surface area contributed by atoms with E-state index in [4.69, 9.17) is 24.3 Å². The lowest BCUT2D eigenvalue weighted by atomic mass is 10.0. The second-order valence-electron chi connectivity index (χ2n) is 12.9. The molecule has 8 nitrogen and oxygen atoms in total. The predicted octanol–water partition coefficient (Wildman–Crippen LogP) is 11.4. The van der Waals surface area contributed by atoms with Gasteiger partial charge in [-0.25, -0.2) is 4.57 Å². The van der Waals surface area contributed by atoms with Gasteiger partial charge in [-0.05, 0) is 57.4 Å². The van der Waals surface area contributed by atoms with Gasteiger partial charge in [-0.15, -0.1) is 0 Å². The molecule has 0 heterocycles. The highest BCUT2D eigenvalue weighted by Gasteiger charge is 2.25.